The summed E-state index contributed by atoms with van der Waals surface area (Å²) in [7, 11) is 0. The highest BCUT2D eigenvalue weighted by Gasteiger charge is 2.17. The number of anilines is 1. The zero-order chi connectivity index (χ0) is 22.1. The van der Waals surface area contributed by atoms with Crippen molar-refractivity contribution in [2.75, 3.05) is 11.1 Å². The average Bonchev–Trinajstić information content (AvgIpc) is 3.25. The number of carbonyl (C=O) groups is 1. The third-order valence-electron chi connectivity index (χ3n) is 5.76. The SMILES string of the molecule is Cc1ccc(O)c(NC(=O)CSc2ncnc3scc(-c4ccc5c(c4)CCCC5)c23)c1. The number of phenols is 1. The zero-order valence-corrected chi connectivity index (χ0v) is 19.4. The van der Waals surface area contributed by atoms with Crippen LogP contribution in [0, 0.1) is 6.92 Å². The Morgan fingerprint density at radius 3 is 2.84 bits per heavy atom. The molecule has 5 nitrogen and oxygen atoms in total. The fourth-order valence-corrected chi connectivity index (χ4v) is 5.93. The fourth-order valence-electron chi connectivity index (χ4n) is 4.14. The normalized spacial score (nSPS) is 13.2. The number of benzene rings is 2. The van der Waals surface area contributed by atoms with Crippen molar-refractivity contribution in [1.29, 1.82) is 0 Å². The van der Waals surface area contributed by atoms with E-state index in [1.54, 1.807) is 35.9 Å². The molecule has 0 bridgehead atoms. The first-order chi connectivity index (χ1) is 15.6. The molecule has 1 amide bonds. The van der Waals surface area contributed by atoms with E-state index in [4.69, 9.17) is 0 Å². The smallest absolute Gasteiger partial charge is 0.234 e. The number of aryl methyl sites for hydroxylation is 3. The standard InChI is InChI=1S/C25H23N3O2S2/c1-15-6-9-21(29)20(10-15)28-22(30)13-32-25-23-19(12-31-24(23)26-14-27-25)18-8-7-16-4-2-3-5-17(16)11-18/h6-12,14,29H,2-5,13H2,1H3,(H,28,30). The Morgan fingerprint density at radius 1 is 1.12 bits per heavy atom. The molecule has 0 saturated carbocycles. The number of carbonyl (C=O) groups excluding carboxylic acids is 1. The Labute approximate surface area is 194 Å². The van der Waals surface area contributed by atoms with Gasteiger partial charge in [0.05, 0.1) is 16.8 Å². The van der Waals surface area contributed by atoms with Crippen molar-refractivity contribution in [3.63, 3.8) is 0 Å². The van der Waals surface area contributed by atoms with E-state index in [2.05, 4.69) is 38.9 Å². The molecule has 162 valence electrons. The molecule has 1 aliphatic carbocycles. The van der Waals surface area contributed by atoms with Crippen LogP contribution in [0.15, 0.2) is 53.1 Å². The number of phenolic OH excluding ortho intramolecular Hbond substituents is 1. The van der Waals surface area contributed by atoms with Crippen molar-refractivity contribution in [3.8, 4) is 16.9 Å². The molecule has 0 radical (unpaired) electrons. The molecule has 2 aromatic heterocycles. The number of hydrogen-bond donors (Lipinski definition) is 2. The van der Waals surface area contributed by atoms with E-state index in [0.717, 1.165) is 39.2 Å². The summed E-state index contributed by atoms with van der Waals surface area (Å²) in [6.07, 6.45) is 6.37. The number of aromatic nitrogens is 2. The van der Waals surface area contributed by atoms with Crippen molar-refractivity contribution >= 4 is 44.9 Å². The van der Waals surface area contributed by atoms with Gasteiger partial charge in [0.15, 0.2) is 0 Å². The lowest BCUT2D eigenvalue weighted by molar-refractivity contribution is -0.113. The Kier molecular flexibility index (Phi) is 5.85. The fraction of sp³-hybridized carbons (Fsp3) is 0.240. The van der Waals surface area contributed by atoms with E-state index in [1.165, 1.54) is 41.3 Å². The summed E-state index contributed by atoms with van der Waals surface area (Å²) in [4.78, 5) is 22.4. The largest absolute Gasteiger partial charge is 0.506 e. The lowest BCUT2D eigenvalue weighted by atomic mass is 9.89. The number of rotatable bonds is 5. The number of aromatic hydroxyl groups is 1. The summed E-state index contributed by atoms with van der Waals surface area (Å²) in [6.45, 7) is 1.92. The second-order valence-electron chi connectivity index (χ2n) is 8.06. The Bertz CT molecular complexity index is 1320. The van der Waals surface area contributed by atoms with Gasteiger partial charge in [0.25, 0.3) is 0 Å². The predicted molar refractivity (Wildman–Crippen MR) is 132 cm³/mol. The quantitative estimate of drug-likeness (QED) is 0.217. The van der Waals surface area contributed by atoms with Gasteiger partial charge in [0.2, 0.25) is 5.91 Å². The molecule has 0 atom stereocenters. The van der Waals surface area contributed by atoms with Crippen molar-refractivity contribution in [1.82, 2.24) is 9.97 Å². The molecule has 2 aromatic carbocycles. The molecule has 0 unspecified atom stereocenters. The summed E-state index contributed by atoms with van der Waals surface area (Å²) < 4.78 is 0. The summed E-state index contributed by atoms with van der Waals surface area (Å²) in [5.74, 6) is 0.0676. The topological polar surface area (TPSA) is 75.1 Å². The molecule has 2 heterocycles. The second-order valence-corrected chi connectivity index (χ2v) is 9.88. The van der Waals surface area contributed by atoms with Crippen LogP contribution in [0.25, 0.3) is 21.3 Å². The average molecular weight is 462 g/mol. The van der Waals surface area contributed by atoms with Crippen molar-refractivity contribution < 1.29 is 9.90 Å². The highest BCUT2D eigenvalue weighted by molar-refractivity contribution is 8.00. The first-order valence-corrected chi connectivity index (χ1v) is 12.5. The number of fused-ring (bicyclic) bond motifs is 2. The van der Waals surface area contributed by atoms with E-state index in [1.807, 2.05) is 6.92 Å². The Hall–Kier alpha value is -2.90. The Balaban J connectivity index is 1.40. The van der Waals surface area contributed by atoms with Crippen molar-refractivity contribution in [2.45, 2.75) is 37.6 Å². The van der Waals surface area contributed by atoms with Gasteiger partial charge in [-0.15, -0.1) is 11.3 Å². The van der Waals surface area contributed by atoms with Crippen LogP contribution < -0.4 is 5.32 Å². The van der Waals surface area contributed by atoms with E-state index in [9.17, 15) is 9.90 Å². The van der Waals surface area contributed by atoms with Crippen LogP contribution in [0.1, 0.15) is 29.5 Å². The molecule has 0 fully saturated rings. The minimum atomic E-state index is -0.187. The summed E-state index contributed by atoms with van der Waals surface area (Å²) in [5, 5.41) is 16.7. The molecule has 0 spiro atoms. The zero-order valence-electron chi connectivity index (χ0n) is 17.7. The maximum atomic E-state index is 12.6. The van der Waals surface area contributed by atoms with Crippen LogP contribution in [0.2, 0.25) is 0 Å². The molecular formula is C25H23N3O2S2. The van der Waals surface area contributed by atoms with Crippen LogP contribution >= 0.6 is 23.1 Å². The number of nitrogens with zero attached hydrogens (tertiary/aromatic N) is 2. The first kappa shape index (κ1) is 21.0. The maximum Gasteiger partial charge on any atom is 0.234 e. The van der Waals surface area contributed by atoms with Crippen LogP contribution in [0.5, 0.6) is 5.75 Å². The predicted octanol–water partition coefficient (Wildman–Crippen LogP) is 5.98. The maximum absolute atomic E-state index is 12.6. The molecule has 32 heavy (non-hydrogen) atoms. The molecule has 4 aromatic rings. The monoisotopic (exact) mass is 461 g/mol. The molecule has 5 rings (SSSR count). The van der Waals surface area contributed by atoms with E-state index in [-0.39, 0.29) is 17.4 Å². The van der Waals surface area contributed by atoms with Gasteiger partial charge in [-0.05, 0) is 67.0 Å². The Morgan fingerprint density at radius 2 is 1.97 bits per heavy atom. The first-order valence-electron chi connectivity index (χ1n) is 10.6. The number of amides is 1. The van der Waals surface area contributed by atoms with Gasteiger partial charge in [-0.25, -0.2) is 9.97 Å². The number of hydrogen-bond acceptors (Lipinski definition) is 6. The van der Waals surface area contributed by atoms with Gasteiger partial charge in [0.1, 0.15) is 21.9 Å². The lowest BCUT2D eigenvalue weighted by Crippen LogP contribution is -2.14. The second kappa shape index (κ2) is 8.92. The third-order valence-corrected chi connectivity index (χ3v) is 7.64. The molecule has 0 aliphatic heterocycles. The van der Waals surface area contributed by atoms with Gasteiger partial charge < -0.3 is 10.4 Å². The van der Waals surface area contributed by atoms with Crippen LogP contribution in [-0.4, -0.2) is 26.7 Å². The van der Waals surface area contributed by atoms with Crippen molar-refractivity contribution in [3.05, 3.63) is 64.8 Å². The molecule has 2 N–H and O–H groups in total. The third kappa shape index (κ3) is 4.23. The van der Waals surface area contributed by atoms with E-state index >= 15 is 0 Å². The number of nitrogens with one attached hydrogen (secondary N) is 1. The number of thioether (sulfide) groups is 1. The molecule has 0 saturated heterocycles. The minimum absolute atomic E-state index is 0.0610. The van der Waals surface area contributed by atoms with Crippen LogP contribution in [-0.2, 0) is 17.6 Å². The van der Waals surface area contributed by atoms with E-state index in [0.29, 0.717) is 5.69 Å². The summed E-state index contributed by atoms with van der Waals surface area (Å²) in [6, 6.07) is 11.9. The van der Waals surface area contributed by atoms with Gasteiger partial charge in [0, 0.05) is 10.9 Å². The van der Waals surface area contributed by atoms with Gasteiger partial charge in [-0.3, -0.25) is 4.79 Å². The number of thiophene rings is 1. The van der Waals surface area contributed by atoms with Crippen LogP contribution in [0.3, 0.4) is 0 Å². The summed E-state index contributed by atoms with van der Waals surface area (Å²) >= 11 is 2.99. The molecule has 1 aliphatic rings. The minimum Gasteiger partial charge on any atom is -0.506 e. The van der Waals surface area contributed by atoms with Crippen molar-refractivity contribution in [2.24, 2.45) is 0 Å². The highest BCUT2D eigenvalue weighted by Crippen LogP contribution is 2.39. The summed E-state index contributed by atoms with van der Waals surface area (Å²) in [5.41, 5.74) is 6.60. The molecule has 7 heteroatoms. The molecular weight excluding hydrogens is 438 g/mol. The van der Waals surface area contributed by atoms with E-state index < -0.39 is 0 Å². The van der Waals surface area contributed by atoms with Gasteiger partial charge in [-0.2, -0.15) is 0 Å². The highest BCUT2D eigenvalue weighted by atomic mass is 32.2. The van der Waals surface area contributed by atoms with Crippen LogP contribution in [0.4, 0.5) is 5.69 Å². The van der Waals surface area contributed by atoms with Gasteiger partial charge in [-0.1, -0.05) is 36.0 Å². The van der Waals surface area contributed by atoms with Gasteiger partial charge >= 0.3 is 0 Å². The lowest BCUT2D eigenvalue weighted by Gasteiger charge is -2.16.